The largest absolute Gasteiger partial charge is 0.450 e. The number of unbranched alkanes of at least 4 members (excludes halogenated alkanes) is 4. The van der Waals surface area contributed by atoms with Crippen LogP contribution in [0, 0.1) is 0 Å². The molecule has 4 nitrogen and oxygen atoms in total. The summed E-state index contributed by atoms with van der Waals surface area (Å²) in [7, 11) is 0. The maximum Gasteiger partial charge on any atom is 0.338 e. The van der Waals surface area contributed by atoms with Gasteiger partial charge in [0, 0.05) is 0 Å². The lowest BCUT2D eigenvalue weighted by Gasteiger charge is -2.28. The van der Waals surface area contributed by atoms with Crippen molar-refractivity contribution in [3.63, 3.8) is 0 Å². The lowest BCUT2D eigenvalue weighted by molar-refractivity contribution is -0.0388. The van der Waals surface area contributed by atoms with Gasteiger partial charge in [-0.25, -0.2) is 9.59 Å². The van der Waals surface area contributed by atoms with Crippen molar-refractivity contribution < 1.29 is 19.1 Å². The normalized spacial score (nSPS) is 12.1. The molecule has 0 amide bonds. The molecule has 0 heterocycles. The highest BCUT2D eigenvalue weighted by Gasteiger charge is 2.32. The Bertz CT molecular complexity index is 1880. The van der Waals surface area contributed by atoms with Gasteiger partial charge in [0.2, 0.25) is 0 Å². The summed E-state index contributed by atoms with van der Waals surface area (Å²) in [6.45, 7) is 4.44. The standard InChI is InChI=1S/C50H50O4/c1-3-5-9-15-37-21-25-39(26-22-37)41-29-33-45(34-30-41)49(51)53-47(43-17-11-7-12-18-43)48(44-19-13-8-14-20-44)54-50(52)46-35-31-42(32-36-46)40-27-23-38(24-28-40)16-10-6-4-2/h7-8,11-14,17-36,47-48H,3-6,9-10,15-16H2,1-2H3/t47-,48+. The van der Waals surface area contributed by atoms with Crippen LogP contribution in [0.3, 0.4) is 0 Å². The second-order valence-corrected chi connectivity index (χ2v) is 13.9. The quantitative estimate of drug-likeness (QED) is 0.0697. The van der Waals surface area contributed by atoms with Crippen molar-refractivity contribution in [2.75, 3.05) is 0 Å². The average Bonchev–Trinajstić information content (AvgIpc) is 3.23. The molecule has 2 atom stereocenters. The summed E-state index contributed by atoms with van der Waals surface area (Å²) in [6.07, 6.45) is 7.65. The molecule has 0 bridgehead atoms. The monoisotopic (exact) mass is 714 g/mol. The van der Waals surface area contributed by atoms with Crippen LogP contribution in [0.2, 0.25) is 0 Å². The van der Waals surface area contributed by atoms with Gasteiger partial charge in [0.05, 0.1) is 11.1 Å². The molecule has 0 saturated carbocycles. The molecule has 0 aliphatic carbocycles. The fourth-order valence-electron chi connectivity index (χ4n) is 6.74. The van der Waals surface area contributed by atoms with Gasteiger partial charge in [-0.05, 0) is 94.5 Å². The lowest BCUT2D eigenvalue weighted by Crippen LogP contribution is -2.23. The maximum atomic E-state index is 13.8. The Morgan fingerprint density at radius 2 is 0.722 bits per heavy atom. The van der Waals surface area contributed by atoms with E-state index in [2.05, 4.69) is 62.4 Å². The van der Waals surface area contributed by atoms with Gasteiger partial charge in [-0.1, -0.05) is 173 Å². The van der Waals surface area contributed by atoms with Crippen LogP contribution < -0.4 is 0 Å². The summed E-state index contributed by atoms with van der Waals surface area (Å²) in [5, 5.41) is 0. The molecule has 0 unspecified atom stereocenters. The van der Waals surface area contributed by atoms with Crippen LogP contribution in [0.5, 0.6) is 0 Å². The van der Waals surface area contributed by atoms with Crippen LogP contribution in [-0.2, 0) is 22.3 Å². The number of benzene rings is 6. The number of esters is 2. The van der Waals surface area contributed by atoms with Gasteiger partial charge < -0.3 is 9.47 Å². The van der Waals surface area contributed by atoms with Gasteiger partial charge in [-0.15, -0.1) is 0 Å². The Kier molecular flexibility index (Phi) is 13.6. The zero-order chi connectivity index (χ0) is 37.5. The third-order valence-corrected chi connectivity index (χ3v) is 9.95. The topological polar surface area (TPSA) is 52.6 Å². The molecule has 0 aliphatic heterocycles. The third kappa shape index (κ3) is 10.2. The highest BCUT2D eigenvalue weighted by Crippen LogP contribution is 2.37. The van der Waals surface area contributed by atoms with E-state index in [1.54, 1.807) is 24.3 Å². The summed E-state index contributed by atoms with van der Waals surface area (Å²) >= 11 is 0. The first-order chi connectivity index (χ1) is 26.5. The van der Waals surface area contributed by atoms with E-state index in [0.29, 0.717) is 11.1 Å². The number of hydrogen-bond acceptors (Lipinski definition) is 4. The molecular formula is C50H50O4. The van der Waals surface area contributed by atoms with E-state index in [1.807, 2.05) is 84.9 Å². The smallest absolute Gasteiger partial charge is 0.338 e. The summed E-state index contributed by atoms with van der Waals surface area (Å²) < 4.78 is 12.6. The van der Waals surface area contributed by atoms with Crippen molar-refractivity contribution >= 4 is 11.9 Å². The molecule has 0 radical (unpaired) electrons. The van der Waals surface area contributed by atoms with Gasteiger partial charge in [0.1, 0.15) is 0 Å². The maximum absolute atomic E-state index is 13.8. The van der Waals surface area contributed by atoms with Crippen molar-refractivity contribution in [2.24, 2.45) is 0 Å². The van der Waals surface area contributed by atoms with Crippen LogP contribution in [0.1, 0.15) is 108 Å². The van der Waals surface area contributed by atoms with E-state index in [-0.39, 0.29) is 0 Å². The Labute approximate surface area is 320 Å². The Hall–Kier alpha value is -5.74. The molecule has 6 aromatic carbocycles. The predicted octanol–water partition coefficient (Wildman–Crippen LogP) is 13.0. The highest BCUT2D eigenvalue weighted by molar-refractivity contribution is 5.91. The van der Waals surface area contributed by atoms with Crippen LogP contribution >= 0.6 is 0 Å². The number of carbonyl (C=O) groups is 2. The van der Waals surface area contributed by atoms with E-state index in [4.69, 9.17) is 9.47 Å². The first-order valence-corrected chi connectivity index (χ1v) is 19.4. The molecule has 0 fully saturated rings. The van der Waals surface area contributed by atoms with Gasteiger partial charge in [0.25, 0.3) is 0 Å². The Morgan fingerprint density at radius 1 is 0.407 bits per heavy atom. The molecule has 0 saturated heterocycles. The Morgan fingerprint density at radius 3 is 1.04 bits per heavy atom. The van der Waals surface area contributed by atoms with Crippen molar-refractivity contribution in [1.29, 1.82) is 0 Å². The van der Waals surface area contributed by atoms with E-state index in [9.17, 15) is 9.59 Å². The summed E-state index contributed by atoms with van der Waals surface area (Å²) in [6, 6.07) is 51.2. The first kappa shape index (κ1) is 38.0. The second-order valence-electron chi connectivity index (χ2n) is 13.9. The average molecular weight is 715 g/mol. The zero-order valence-corrected chi connectivity index (χ0v) is 31.5. The van der Waals surface area contributed by atoms with Crippen LogP contribution in [0.15, 0.2) is 158 Å². The predicted molar refractivity (Wildman–Crippen MR) is 219 cm³/mol. The first-order valence-electron chi connectivity index (χ1n) is 19.4. The van der Waals surface area contributed by atoms with E-state index in [0.717, 1.165) is 46.2 Å². The van der Waals surface area contributed by atoms with Crippen molar-refractivity contribution in [1.82, 2.24) is 0 Å². The van der Waals surface area contributed by atoms with Gasteiger partial charge in [-0.3, -0.25) is 0 Å². The zero-order valence-electron chi connectivity index (χ0n) is 31.5. The lowest BCUT2D eigenvalue weighted by atomic mass is 9.97. The van der Waals surface area contributed by atoms with Crippen molar-refractivity contribution in [2.45, 2.75) is 77.4 Å². The molecule has 0 aromatic heterocycles. The van der Waals surface area contributed by atoms with Gasteiger partial charge in [0.15, 0.2) is 12.2 Å². The number of ether oxygens (including phenoxy) is 2. The minimum atomic E-state index is -0.903. The van der Waals surface area contributed by atoms with Gasteiger partial charge >= 0.3 is 11.9 Å². The number of aryl methyl sites for hydroxylation is 2. The fourth-order valence-corrected chi connectivity index (χ4v) is 6.74. The van der Waals surface area contributed by atoms with E-state index >= 15 is 0 Å². The van der Waals surface area contributed by atoms with E-state index in [1.165, 1.54) is 49.7 Å². The van der Waals surface area contributed by atoms with E-state index < -0.39 is 24.1 Å². The van der Waals surface area contributed by atoms with Gasteiger partial charge in [-0.2, -0.15) is 0 Å². The minimum absolute atomic E-state index is 0.415. The van der Waals surface area contributed by atoms with Crippen molar-refractivity contribution in [3.8, 4) is 22.3 Å². The molecule has 4 heteroatoms. The fraction of sp³-hybridized carbons (Fsp3) is 0.240. The summed E-state index contributed by atoms with van der Waals surface area (Å²) in [5.74, 6) is -1.00. The molecule has 6 aromatic rings. The van der Waals surface area contributed by atoms with Crippen molar-refractivity contribution in [3.05, 3.63) is 191 Å². The minimum Gasteiger partial charge on any atom is -0.450 e. The number of carbonyl (C=O) groups excluding carboxylic acids is 2. The molecule has 0 N–H and O–H groups in total. The summed E-state index contributed by atoms with van der Waals surface area (Å²) in [4.78, 5) is 27.7. The Balaban J connectivity index is 1.20. The number of hydrogen-bond donors (Lipinski definition) is 0. The highest BCUT2D eigenvalue weighted by atomic mass is 16.6. The summed E-state index contributed by atoms with van der Waals surface area (Å²) in [5.41, 5.74) is 9.17. The molecular weight excluding hydrogens is 665 g/mol. The third-order valence-electron chi connectivity index (χ3n) is 9.95. The second kappa shape index (κ2) is 19.4. The van der Waals surface area contributed by atoms with Crippen LogP contribution in [0.25, 0.3) is 22.3 Å². The molecule has 0 aliphatic rings. The SMILES string of the molecule is CCCCCc1ccc(-c2ccc(C(=O)O[C@H](c3ccccc3)[C@@H](OC(=O)c3ccc(-c4ccc(CCCCC)cc4)cc3)c3ccccc3)cc2)cc1. The molecule has 6 rings (SSSR count). The molecule has 54 heavy (non-hydrogen) atoms. The molecule has 0 spiro atoms. The number of rotatable bonds is 17. The molecule has 274 valence electrons. The van der Waals surface area contributed by atoms with Crippen LogP contribution in [-0.4, -0.2) is 11.9 Å². The van der Waals surface area contributed by atoms with Crippen LogP contribution in [0.4, 0.5) is 0 Å².